The van der Waals surface area contributed by atoms with Gasteiger partial charge in [-0.2, -0.15) is 0 Å². The van der Waals surface area contributed by atoms with E-state index in [1.54, 1.807) is 14.2 Å². The fourth-order valence-corrected chi connectivity index (χ4v) is 4.47. The Labute approximate surface area is 149 Å². The molecule has 2 aliphatic carbocycles. The summed E-state index contributed by atoms with van der Waals surface area (Å²) in [5.74, 6) is 2.46. The molecule has 2 aromatic carbocycles. The molecule has 0 aliphatic heterocycles. The molecule has 25 heavy (non-hydrogen) atoms. The standard InChI is InChI=1S/C22H24O3/c1-4-13-8-9-15-14(10-13)11-20(25-3)18-12-17-16(22(23)21(15)18)6-5-7-19(17)24-2/h5-7,11,13H,4,8-10,12H2,1-3H3. The van der Waals surface area contributed by atoms with E-state index in [2.05, 4.69) is 13.0 Å². The van der Waals surface area contributed by atoms with Gasteiger partial charge < -0.3 is 9.47 Å². The van der Waals surface area contributed by atoms with Crippen LogP contribution in [0.5, 0.6) is 11.5 Å². The summed E-state index contributed by atoms with van der Waals surface area (Å²) in [4.78, 5) is 13.4. The summed E-state index contributed by atoms with van der Waals surface area (Å²) in [6.45, 7) is 2.25. The van der Waals surface area contributed by atoms with Crippen molar-refractivity contribution in [3.8, 4) is 11.5 Å². The summed E-state index contributed by atoms with van der Waals surface area (Å²) in [7, 11) is 3.36. The van der Waals surface area contributed by atoms with E-state index in [1.165, 1.54) is 24.0 Å². The molecule has 0 amide bonds. The number of rotatable bonds is 3. The molecule has 1 atom stereocenters. The van der Waals surface area contributed by atoms with Crippen molar-refractivity contribution in [1.29, 1.82) is 0 Å². The maximum atomic E-state index is 13.4. The van der Waals surface area contributed by atoms with Crippen molar-refractivity contribution >= 4 is 5.78 Å². The average Bonchev–Trinajstić information content (AvgIpc) is 2.66. The zero-order valence-corrected chi connectivity index (χ0v) is 15.1. The van der Waals surface area contributed by atoms with Crippen molar-refractivity contribution in [2.24, 2.45) is 5.92 Å². The second-order valence-corrected chi connectivity index (χ2v) is 7.08. The number of carbonyl (C=O) groups excluding carboxylic acids is 1. The van der Waals surface area contributed by atoms with Gasteiger partial charge in [-0.3, -0.25) is 4.79 Å². The third-order valence-corrected chi connectivity index (χ3v) is 5.88. The summed E-state index contributed by atoms with van der Waals surface area (Å²) in [6.07, 6.45) is 5.08. The minimum Gasteiger partial charge on any atom is -0.496 e. The molecule has 3 heteroatoms. The zero-order chi connectivity index (χ0) is 17.6. The molecular formula is C22H24O3. The highest BCUT2D eigenvalue weighted by atomic mass is 16.5. The first-order chi connectivity index (χ1) is 12.2. The van der Waals surface area contributed by atoms with Crippen molar-refractivity contribution in [3.63, 3.8) is 0 Å². The van der Waals surface area contributed by atoms with Gasteiger partial charge in [0.05, 0.1) is 14.2 Å². The molecule has 0 bridgehead atoms. The number of benzene rings is 2. The Morgan fingerprint density at radius 3 is 2.60 bits per heavy atom. The van der Waals surface area contributed by atoms with E-state index in [1.807, 2.05) is 18.2 Å². The molecule has 1 unspecified atom stereocenters. The highest BCUT2D eigenvalue weighted by molar-refractivity contribution is 6.14. The van der Waals surface area contributed by atoms with Crippen LogP contribution >= 0.6 is 0 Å². The van der Waals surface area contributed by atoms with Gasteiger partial charge in [0.2, 0.25) is 0 Å². The fraction of sp³-hybridized carbons (Fsp3) is 0.409. The van der Waals surface area contributed by atoms with Crippen LogP contribution in [-0.2, 0) is 19.3 Å². The molecule has 3 nitrogen and oxygen atoms in total. The summed E-state index contributed by atoms with van der Waals surface area (Å²) in [5.41, 5.74) is 6.22. The Morgan fingerprint density at radius 1 is 1.08 bits per heavy atom. The van der Waals surface area contributed by atoms with Crippen LogP contribution < -0.4 is 9.47 Å². The van der Waals surface area contributed by atoms with Crippen molar-refractivity contribution in [1.82, 2.24) is 0 Å². The van der Waals surface area contributed by atoms with Gasteiger partial charge in [0.1, 0.15) is 11.5 Å². The Morgan fingerprint density at radius 2 is 1.88 bits per heavy atom. The van der Waals surface area contributed by atoms with Gasteiger partial charge in [0, 0.05) is 28.7 Å². The smallest absolute Gasteiger partial charge is 0.194 e. The monoisotopic (exact) mass is 336 g/mol. The first-order valence-corrected chi connectivity index (χ1v) is 9.10. The molecule has 2 aliphatic rings. The molecule has 2 aromatic rings. The minimum atomic E-state index is 0.125. The molecule has 0 saturated heterocycles. The molecule has 4 rings (SSSR count). The first-order valence-electron chi connectivity index (χ1n) is 9.10. The lowest BCUT2D eigenvalue weighted by molar-refractivity contribution is 0.103. The average molecular weight is 336 g/mol. The quantitative estimate of drug-likeness (QED) is 0.713. The first kappa shape index (κ1) is 16.2. The third-order valence-electron chi connectivity index (χ3n) is 5.88. The lowest BCUT2D eigenvalue weighted by Crippen LogP contribution is -2.23. The molecule has 0 spiro atoms. The molecule has 130 valence electrons. The summed E-state index contributed by atoms with van der Waals surface area (Å²) in [5, 5.41) is 0. The van der Waals surface area contributed by atoms with E-state index in [0.29, 0.717) is 12.3 Å². The Kier molecular flexibility index (Phi) is 4.03. The SMILES string of the molecule is CCC1CCc2c(cc(OC)c3c2C(=O)c2cccc(OC)c2C3)C1. The molecular weight excluding hydrogens is 312 g/mol. The van der Waals surface area contributed by atoms with E-state index in [0.717, 1.165) is 46.6 Å². The van der Waals surface area contributed by atoms with Gasteiger partial charge in [0.25, 0.3) is 0 Å². The highest BCUT2D eigenvalue weighted by Gasteiger charge is 2.33. The zero-order valence-electron chi connectivity index (χ0n) is 15.1. The van der Waals surface area contributed by atoms with Crippen molar-refractivity contribution in [2.75, 3.05) is 14.2 Å². The largest absolute Gasteiger partial charge is 0.496 e. The van der Waals surface area contributed by atoms with E-state index in [9.17, 15) is 4.79 Å². The van der Waals surface area contributed by atoms with Crippen LogP contribution in [-0.4, -0.2) is 20.0 Å². The van der Waals surface area contributed by atoms with Gasteiger partial charge in [0.15, 0.2) is 5.78 Å². The van der Waals surface area contributed by atoms with Crippen molar-refractivity contribution in [2.45, 2.75) is 39.0 Å². The summed E-state index contributed by atoms with van der Waals surface area (Å²) < 4.78 is 11.2. The molecule has 0 N–H and O–H groups in total. The lowest BCUT2D eigenvalue weighted by Gasteiger charge is -2.30. The van der Waals surface area contributed by atoms with Crippen LogP contribution in [0.4, 0.5) is 0 Å². The van der Waals surface area contributed by atoms with E-state index in [4.69, 9.17) is 9.47 Å². The van der Waals surface area contributed by atoms with Crippen LogP contribution in [0.25, 0.3) is 0 Å². The van der Waals surface area contributed by atoms with Crippen LogP contribution in [0.2, 0.25) is 0 Å². The summed E-state index contributed by atoms with van der Waals surface area (Å²) in [6, 6.07) is 7.92. The van der Waals surface area contributed by atoms with Gasteiger partial charge in [-0.05, 0) is 48.4 Å². The number of carbonyl (C=O) groups is 1. The molecule has 0 saturated carbocycles. The third kappa shape index (κ3) is 2.45. The number of hydrogen-bond donors (Lipinski definition) is 0. The topological polar surface area (TPSA) is 35.5 Å². The predicted octanol–water partition coefficient (Wildman–Crippen LogP) is 4.35. The Hall–Kier alpha value is -2.29. The van der Waals surface area contributed by atoms with Gasteiger partial charge >= 0.3 is 0 Å². The Bertz CT molecular complexity index is 851. The van der Waals surface area contributed by atoms with Gasteiger partial charge in [-0.1, -0.05) is 25.5 Å². The molecule has 0 aromatic heterocycles. The fourth-order valence-electron chi connectivity index (χ4n) is 4.47. The van der Waals surface area contributed by atoms with E-state index >= 15 is 0 Å². The molecule has 0 heterocycles. The van der Waals surface area contributed by atoms with Crippen LogP contribution in [0.15, 0.2) is 24.3 Å². The molecule has 0 radical (unpaired) electrons. The normalized spacial score (nSPS) is 18.2. The van der Waals surface area contributed by atoms with E-state index in [-0.39, 0.29) is 5.78 Å². The second kappa shape index (κ2) is 6.21. The predicted molar refractivity (Wildman–Crippen MR) is 98.0 cm³/mol. The van der Waals surface area contributed by atoms with Crippen molar-refractivity contribution < 1.29 is 14.3 Å². The maximum Gasteiger partial charge on any atom is 0.194 e. The number of hydrogen-bond acceptors (Lipinski definition) is 3. The maximum absolute atomic E-state index is 13.4. The van der Waals surface area contributed by atoms with Gasteiger partial charge in [-0.25, -0.2) is 0 Å². The number of ketones is 1. The summed E-state index contributed by atoms with van der Waals surface area (Å²) >= 11 is 0. The second-order valence-electron chi connectivity index (χ2n) is 7.08. The van der Waals surface area contributed by atoms with Crippen molar-refractivity contribution in [3.05, 3.63) is 57.6 Å². The van der Waals surface area contributed by atoms with Crippen LogP contribution in [0, 0.1) is 5.92 Å². The van der Waals surface area contributed by atoms with Crippen LogP contribution in [0.1, 0.15) is 57.9 Å². The minimum absolute atomic E-state index is 0.125. The van der Waals surface area contributed by atoms with Crippen LogP contribution in [0.3, 0.4) is 0 Å². The van der Waals surface area contributed by atoms with E-state index < -0.39 is 0 Å². The van der Waals surface area contributed by atoms with Gasteiger partial charge in [-0.15, -0.1) is 0 Å². The Balaban J connectivity index is 1.91. The molecule has 0 fully saturated rings. The number of fused-ring (bicyclic) bond motifs is 4. The number of methoxy groups -OCH3 is 2. The lowest BCUT2D eigenvalue weighted by atomic mass is 9.74. The highest BCUT2D eigenvalue weighted by Crippen LogP contribution is 2.42. The number of ether oxygens (including phenoxy) is 2.